The van der Waals surface area contributed by atoms with E-state index in [1.54, 1.807) is 11.3 Å². The van der Waals surface area contributed by atoms with Crippen LogP contribution in [-0.2, 0) is 17.6 Å². The lowest BCUT2D eigenvalue weighted by Crippen LogP contribution is -2.20. The predicted octanol–water partition coefficient (Wildman–Crippen LogP) is 6.16. The van der Waals surface area contributed by atoms with Crippen LogP contribution in [0.5, 0.6) is 0 Å². The average molecular weight is 467 g/mol. The van der Waals surface area contributed by atoms with Gasteiger partial charge in [-0.3, -0.25) is 0 Å². The van der Waals surface area contributed by atoms with Gasteiger partial charge in [-0.2, -0.15) is 0 Å². The molecule has 7 heteroatoms. The van der Waals surface area contributed by atoms with E-state index in [9.17, 15) is 4.79 Å². The number of thiophene rings is 1. The van der Waals surface area contributed by atoms with Crippen molar-refractivity contribution in [2.45, 2.75) is 45.4 Å². The van der Waals surface area contributed by atoms with Gasteiger partial charge in [0.2, 0.25) is 0 Å². The molecule has 0 unspecified atom stereocenters. The summed E-state index contributed by atoms with van der Waals surface area (Å²) in [6, 6.07) is 7.79. The Morgan fingerprint density at radius 2 is 2.00 bits per heavy atom. The number of hydrogen-bond donors (Lipinski definition) is 2. The topological polar surface area (TPSA) is 50.4 Å². The molecule has 0 bridgehead atoms. The molecule has 1 aliphatic carbocycles. The summed E-state index contributed by atoms with van der Waals surface area (Å²) in [6.07, 6.45) is 6.67. The van der Waals surface area contributed by atoms with Gasteiger partial charge in [0.1, 0.15) is 5.00 Å². The van der Waals surface area contributed by atoms with Gasteiger partial charge >= 0.3 is 5.97 Å². The molecule has 27 heavy (non-hydrogen) atoms. The first-order chi connectivity index (χ1) is 13.1. The Balaban J connectivity index is 1.85. The van der Waals surface area contributed by atoms with Gasteiger partial charge in [0.25, 0.3) is 0 Å². The number of hydrogen-bond acceptors (Lipinski definition) is 4. The third-order valence-electron chi connectivity index (χ3n) is 4.46. The minimum atomic E-state index is -0.261. The molecule has 0 saturated heterocycles. The van der Waals surface area contributed by atoms with Crippen molar-refractivity contribution in [3.8, 4) is 0 Å². The van der Waals surface area contributed by atoms with Crippen molar-refractivity contribution in [2.75, 3.05) is 17.2 Å². The predicted molar refractivity (Wildman–Crippen MR) is 120 cm³/mol. The molecule has 0 aliphatic heterocycles. The fourth-order valence-corrected chi connectivity index (χ4v) is 5.22. The SMILES string of the molecule is CCOC(=O)c1c(NC(=S)Nc2cccc(Br)c2)sc2c1CCCCCC2. The molecule has 3 rings (SSSR count). The van der Waals surface area contributed by atoms with Gasteiger partial charge in [0.15, 0.2) is 5.11 Å². The fourth-order valence-electron chi connectivity index (χ4n) is 3.26. The van der Waals surface area contributed by atoms with Crippen molar-refractivity contribution >= 4 is 61.3 Å². The van der Waals surface area contributed by atoms with Gasteiger partial charge in [-0.1, -0.05) is 34.8 Å². The van der Waals surface area contributed by atoms with Crippen LogP contribution in [0.25, 0.3) is 0 Å². The van der Waals surface area contributed by atoms with Crippen molar-refractivity contribution in [3.05, 3.63) is 44.7 Å². The molecule has 0 amide bonds. The van der Waals surface area contributed by atoms with Crippen molar-refractivity contribution < 1.29 is 9.53 Å². The van der Waals surface area contributed by atoms with Crippen molar-refractivity contribution in [2.24, 2.45) is 0 Å². The number of rotatable bonds is 4. The van der Waals surface area contributed by atoms with Gasteiger partial charge in [-0.05, 0) is 68.6 Å². The number of aryl methyl sites for hydroxylation is 1. The second-order valence-electron chi connectivity index (χ2n) is 6.43. The molecule has 1 heterocycles. The highest BCUT2D eigenvalue weighted by molar-refractivity contribution is 9.10. The molecular formula is C20H23BrN2O2S2. The molecular weight excluding hydrogens is 444 g/mol. The average Bonchev–Trinajstić information content (AvgIpc) is 2.91. The zero-order valence-electron chi connectivity index (χ0n) is 15.3. The Bertz CT molecular complexity index is 835. The van der Waals surface area contributed by atoms with Crippen LogP contribution in [0.15, 0.2) is 28.7 Å². The van der Waals surface area contributed by atoms with Crippen LogP contribution in [0.3, 0.4) is 0 Å². The summed E-state index contributed by atoms with van der Waals surface area (Å²) in [5.41, 5.74) is 2.69. The third-order valence-corrected chi connectivity index (χ3v) is 6.37. The van der Waals surface area contributed by atoms with Gasteiger partial charge in [-0.15, -0.1) is 11.3 Å². The summed E-state index contributed by atoms with van der Waals surface area (Å²) < 4.78 is 6.31. The van der Waals surface area contributed by atoms with Crippen molar-refractivity contribution in [3.63, 3.8) is 0 Å². The number of nitrogens with one attached hydrogen (secondary N) is 2. The smallest absolute Gasteiger partial charge is 0.341 e. The number of esters is 1. The van der Waals surface area contributed by atoms with Crippen molar-refractivity contribution in [1.82, 2.24) is 0 Å². The van der Waals surface area contributed by atoms with Crippen LogP contribution in [0.4, 0.5) is 10.7 Å². The number of carbonyl (C=O) groups is 1. The zero-order chi connectivity index (χ0) is 19.2. The summed E-state index contributed by atoms with van der Waals surface area (Å²) in [5, 5.41) is 7.67. The van der Waals surface area contributed by atoms with Crippen LogP contribution in [-0.4, -0.2) is 17.7 Å². The molecule has 1 aromatic carbocycles. The molecule has 0 spiro atoms. The molecule has 0 radical (unpaired) electrons. The van der Waals surface area contributed by atoms with E-state index in [4.69, 9.17) is 17.0 Å². The number of benzene rings is 1. The van der Waals surface area contributed by atoms with Crippen LogP contribution in [0, 0.1) is 0 Å². The van der Waals surface area contributed by atoms with E-state index in [0.717, 1.165) is 46.4 Å². The first kappa shape index (κ1) is 20.3. The second-order valence-corrected chi connectivity index (χ2v) is 8.86. The molecule has 0 atom stereocenters. The molecule has 0 fully saturated rings. The number of ether oxygens (including phenoxy) is 1. The summed E-state index contributed by atoms with van der Waals surface area (Å²) in [4.78, 5) is 13.9. The fraction of sp³-hybridized carbons (Fsp3) is 0.400. The number of thiocarbonyl (C=S) groups is 1. The van der Waals surface area contributed by atoms with Gasteiger partial charge in [-0.25, -0.2) is 4.79 Å². The largest absolute Gasteiger partial charge is 0.462 e. The lowest BCUT2D eigenvalue weighted by molar-refractivity contribution is 0.0526. The summed E-state index contributed by atoms with van der Waals surface area (Å²) >= 11 is 10.6. The number of anilines is 2. The number of halogens is 1. The minimum Gasteiger partial charge on any atom is -0.462 e. The number of fused-ring (bicyclic) bond motifs is 1. The normalized spacial score (nSPS) is 13.9. The van der Waals surface area contributed by atoms with E-state index in [2.05, 4.69) is 26.6 Å². The molecule has 1 aromatic heterocycles. The Morgan fingerprint density at radius 1 is 1.22 bits per heavy atom. The lowest BCUT2D eigenvalue weighted by atomic mass is 9.96. The Kier molecular flexibility index (Phi) is 7.26. The first-order valence-electron chi connectivity index (χ1n) is 9.23. The minimum absolute atomic E-state index is 0.261. The summed E-state index contributed by atoms with van der Waals surface area (Å²) in [6.45, 7) is 2.20. The molecule has 144 valence electrons. The second kappa shape index (κ2) is 9.66. The summed E-state index contributed by atoms with van der Waals surface area (Å²) in [7, 11) is 0. The maximum absolute atomic E-state index is 12.7. The molecule has 4 nitrogen and oxygen atoms in total. The highest BCUT2D eigenvalue weighted by Gasteiger charge is 2.25. The highest BCUT2D eigenvalue weighted by atomic mass is 79.9. The Labute approximate surface area is 177 Å². The first-order valence-corrected chi connectivity index (χ1v) is 11.3. The van der Waals surface area contributed by atoms with Crippen LogP contribution in [0.1, 0.15) is 53.4 Å². The van der Waals surface area contributed by atoms with E-state index in [1.807, 2.05) is 31.2 Å². The quantitative estimate of drug-likeness (QED) is 0.417. The van der Waals surface area contributed by atoms with Crippen molar-refractivity contribution in [1.29, 1.82) is 0 Å². The lowest BCUT2D eigenvalue weighted by Gasteiger charge is -2.12. The molecule has 0 saturated carbocycles. The van der Waals surface area contributed by atoms with Crippen LogP contribution in [0.2, 0.25) is 0 Å². The standard InChI is InChI=1S/C20H23BrN2O2S2/c1-2-25-19(24)17-15-10-5-3-4-6-11-16(15)27-18(17)23-20(26)22-14-9-7-8-13(21)12-14/h7-9,12H,2-6,10-11H2,1H3,(H2,22,23,26). The molecule has 2 aromatic rings. The maximum atomic E-state index is 12.7. The van der Waals surface area contributed by atoms with E-state index in [0.29, 0.717) is 17.3 Å². The van der Waals surface area contributed by atoms with Gasteiger partial charge in [0.05, 0.1) is 12.2 Å². The Hall–Kier alpha value is -1.44. The number of carbonyl (C=O) groups excluding carboxylic acids is 1. The molecule has 2 N–H and O–H groups in total. The Morgan fingerprint density at radius 3 is 2.74 bits per heavy atom. The van der Waals surface area contributed by atoms with Gasteiger partial charge in [0, 0.05) is 15.0 Å². The van der Waals surface area contributed by atoms with E-state index in [-0.39, 0.29) is 5.97 Å². The van der Waals surface area contributed by atoms with Gasteiger partial charge < -0.3 is 15.4 Å². The van der Waals surface area contributed by atoms with E-state index in [1.165, 1.54) is 17.7 Å². The zero-order valence-corrected chi connectivity index (χ0v) is 18.5. The van der Waals surface area contributed by atoms with E-state index < -0.39 is 0 Å². The maximum Gasteiger partial charge on any atom is 0.341 e. The van der Waals surface area contributed by atoms with Crippen LogP contribution < -0.4 is 10.6 Å². The summed E-state index contributed by atoms with van der Waals surface area (Å²) in [5.74, 6) is -0.261. The third kappa shape index (κ3) is 5.30. The van der Waals surface area contributed by atoms with Crippen LogP contribution >= 0.6 is 39.5 Å². The monoisotopic (exact) mass is 466 g/mol. The molecule has 1 aliphatic rings. The highest BCUT2D eigenvalue weighted by Crippen LogP contribution is 2.37. The van der Waals surface area contributed by atoms with E-state index >= 15 is 0 Å².